The smallest absolute Gasteiger partial charge is 0.307 e. The molecule has 0 amide bonds. The second-order valence-corrected chi connectivity index (χ2v) is 4.80. The van der Waals surface area contributed by atoms with Gasteiger partial charge in [0.05, 0.1) is 19.2 Å². The van der Waals surface area contributed by atoms with Crippen LogP contribution in [-0.2, 0) is 24.3 Å². The third-order valence-electron chi connectivity index (χ3n) is 3.06. The van der Waals surface area contributed by atoms with Crippen LogP contribution in [0.4, 0.5) is 0 Å². The maximum absolute atomic E-state index is 10.8. The lowest BCUT2D eigenvalue weighted by atomic mass is 10.0. The van der Waals surface area contributed by atoms with Crippen LogP contribution >= 0.6 is 0 Å². The van der Waals surface area contributed by atoms with E-state index in [1.54, 1.807) is 0 Å². The molecule has 0 aliphatic carbocycles. The molecule has 1 aromatic carbocycles. The Morgan fingerprint density at radius 1 is 1.35 bits per heavy atom. The Bertz CT molecular complexity index is 578. The molecule has 0 bridgehead atoms. The molecule has 0 spiro atoms. The van der Waals surface area contributed by atoms with Crippen LogP contribution in [0.3, 0.4) is 0 Å². The fourth-order valence-corrected chi connectivity index (χ4v) is 2.07. The first-order valence-electron chi connectivity index (χ1n) is 6.63. The largest absolute Gasteiger partial charge is 0.481 e. The lowest BCUT2D eigenvalue weighted by molar-refractivity contribution is -0.136. The summed E-state index contributed by atoms with van der Waals surface area (Å²) < 4.78 is 1.89. The minimum absolute atomic E-state index is 0.0657. The molecule has 0 saturated heterocycles. The second-order valence-electron chi connectivity index (χ2n) is 4.80. The van der Waals surface area contributed by atoms with Gasteiger partial charge in [0.25, 0.3) is 0 Å². The van der Waals surface area contributed by atoms with Crippen LogP contribution < -0.4 is 5.32 Å². The van der Waals surface area contributed by atoms with Crippen molar-refractivity contribution in [3.63, 3.8) is 0 Å². The Balaban J connectivity index is 1.83. The molecule has 0 fully saturated rings. The molecule has 2 aromatic rings. The van der Waals surface area contributed by atoms with E-state index in [-0.39, 0.29) is 6.42 Å². The van der Waals surface area contributed by atoms with Gasteiger partial charge >= 0.3 is 5.97 Å². The fraction of sp³-hybridized carbons (Fsp3) is 0.333. The molecule has 0 saturated carbocycles. The van der Waals surface area contributed by atoms with E-state index in [2.05, 4.69) is 10.4 Å². The third kappa shape index (κ3) is 4.20. The highest BCUT2D eigenvalue weighted by Crippen LogP contribution is 2.09. The number of carbonyl (C=O) groups is 1. The van der Waals surface area contributed by atoms with Gasteiger partial charge in [0.15, 0.2) is 0 Å². The Hall–Kier alpha value is -2.14. The molecule has 20 heavy (non-hydrogen) atoms. The van der Waals surface area contributed by atoms with Gasteiger partial charge < -0.3 is 10.4 Å². The zero-order chi connectivity index (χ0) is 14.4. The zero-order valence-corrected chi connectivity index (χ0v) is 11.5. The molecule has 5 nitrogen and oxygen atoms in total. The maximum Gasteiger partial charge on any atom is 0.307 e. The van der Waals surface area contributed by atoms with Crippen LogP contribution in [0.5, 0.6) is 0 Å². The number of carboxylic acid groups (broad SMARTS) is 1. The van der Waals surface area contributed by atoms with E-state index in [0.29, 0.717) is 6.54 Å². The van der Waals surface area contributed by atoms with E-state index in [0.717, 1.165) is 29.8 Å². The first-order valence-corrected chi connectivity index (χ1v) is 6.63. The number of aryl methyl sites for hydroxylation is 1. The molecule has 1 aromatic heterocycles. The van der Waals surface area contributed by atoms with Crippen LogP contribution in [0.2, 0.25) is 0 Å². The average molecular weight is 273 g/mol. The number of nitrogens with one attached hydrogen (secondary N) is 1. The molecule has 106 valence electrons. The summed E-state index contributed by atoms with van der Waals surface area (Å²) in [6.07, 6.45) is 3.90. The lowest BCUT2D eigenvalue weighted by Gasteiger charge is -2.09. The van der Waals surface area contributed by atoms with E-state index >= 15 is 0 Å². The fourth-order valence-electron chi connectivity index (χ4n) is 2.07. The van der Waals surface area contributed by atoms with Crippen molar-refractivity contribution >= 4 is 5.97 Å². The predicted octanol–water partition coefficient (Wildman–Crippen LogP) is 1.61. The molecular weight excluding hydrogens is 254 g/mol. The SMILES string of the molecule is Cc1cnn(CCNCc2ccccc2CC(=O)O)c1. The van der Waals surface area contributed by atoms with E-state index in [1.165, 1.54) is 0 Å². The Labute approximate surface area is 118 Å². The number of hydrogen-bond donors (Lipinski definition) is 2. The summed E-state index contributed by atoms with van der Waals surface area (Å²) in [5.74, 6) is -0.801. The van der Waals surface area contributed by atoms with E-state index in [9.17, 15) is 4.79 Å². The molecule has 2 rings (SSSR count). The first-order chi connectivity index (χ1) is 9.65. The predicted molar refractivity (Wildman–Crippen MR) is 76.5 cm³/mol. The zero-order valence-electron chi connectivity index (χ0n) is 11.5. The summed E-state index contributed by atoms with van der Waals surface area (Å²) in [5, 5.41) is 16.4. The Morgan fingerprint density at radius 3 is 2.75 bits per heavy atom. The third-order valence-corrected chi connectivity index (χ3v) is 3.06. The van der Waals surface area contributed by atoms with Crippen molar-refractivity contribution in [2.24, 2.45) is 0 Å². The highest BCUT2D eigenvalue weighted by atomic mass is 16.4. The van der Waals surface area contributed by atoms with Crippen molar-refractivity contribution in [2.75, 3.05) is 6.54 Å². The number of nitrogens with zero attached hydrogens (tertiary/aromatic N) is 2. The van der Waals surface area contributed by atoms with E-state index < -0.39 is 5.97 Å². The summed E-state index contributed by atoms with van der Waals surface area (Å²) in [7, 11) is 0. The molecular formula is C15H19N3O2. The summed E-state index contributed by atoms with van der Waals surface area (Å²) >= 11 is 0. The minimum Gasteiger partial charge on any atom is -0.481 e. The number of hydrogen-bond acceptors (Lipinski definition) is 3. The quantitative estimate of drug-likeness (QED) is 0.752. The van der Waals surface area contributed by atoms with Crippen LogP contribution in [0.15, 0.2) is 36.7 Å². The summed E-state index contributed by atoms with van der Waals surface area (Å²) in [4.78, 5) is 10.8. The Kier molecular flexibility index (Phi) is 4.90. The van der Waals surface area contributed by atoms with Crippen molar-refractivity contribution in [1.29, 1.82) is 0 Å². The van der Waals surface area contributed by atoms with Crippen LogP contribution in [0, 0.1) is 6.92 Å². The molecule has 0 radical (unpaired) electrons. The van der Waals surface area contributed by atoms with Crippen molar-refractivity contribution in [2.45, 2.75) is 26.4 Å². The van der Waals surface area contributed by atoms with Crippen LogP contribution in [0.25, 0.3) is 0 Å². The van der Waals surface area contributed by atoms with Crippen LogP contribution in [-0.4, -0.2) is 27.4 Å². The Morgan fingerprint density at radius 2 is 2.10 bits per heavy atom. The molecule has 0 atom stereocenters. The molecule has 0 unspecified atom stereocenters. The molecule has 0 aliphatic rings. The number of aliphatic carboxylic acids is 1. The van der Waals surface area contributed by atoms with Gasteiger partial charge in [-0.15, -0.1) is 0 Å². The highest BCUT2D eigenvalue weighted by Gasteiger charge is 2.05. The monoisotopic (exact) mass is 273 g/mol. The average Bonchev–Trinajstić information content (AvgIpc) is 2.81. The molecule has 2 N–H and O–H groups in total. The van der Waals surface area contributed by atoms with Crippen molar-refractivity contribution in [3.05, 3.63) is 53.3 Å². The van der Waals surface area contributed by atoms with Gasteiger partial charge in [-0.05, 0) is 23.6 Å². The number of benzene rings is 1. The molecule has 0 aliphatic heterocycles. The van der Waals surface area contributed by atoms with E-state index in [1.807, 2.05) is 48.3 Å². The van der Waals surface area contributed by atoms with E-state index in [4.69, 9.17) is 5.11 Å². The number of aromatic nitrogens is 2. The van der Waals surface area contributed by atoms with Gasteiger partial charge in [-0.25, -0.2) is 0 Å². The summed E-state index contributed by atoms with van der Waals surface area (Å²) in [6.45, 7) is 4.28. The van der Waals surface area contributed by atoms with Gasteiger partial charge in [-0.2, -0.15) is 5.10 Å². The first kappa shape index (κ1) is 14.3. The minimum atomic E-state index is -0.801. The van der Waals surface area contributed by atoms with Gasteiger partial charge in [-0.3, -0.25) is 9.48 Å². The van der Waals surface area contributed by atoms with Crippen molar-refractivity contribution in [3.8, 4) is 0 Å². The van der Waals surface area contributed by atoms with Crippen LogP contribution in [0.1, 0.15) is 16.7 Å². The maximum atomic E-state index is 10.8. The normalized spacial score (nSPS) is 10.7. The van der Waals surface area contributed by atoms with Gasteiger partial charge in [0.1, 0.15) is 0 Å². The second kappa shape index (κ2) is 6.86. The highest BCUT2D eigenvalue weighted by molar-refractivity contribution is 5.70. The van der Waals surface area contributed by atoms with Gasteiger partial charge in [0, 0.05) is 19.3 Å². The molecule has 5 heteroatoms. The lowest BCUT2D eigenvalue weighted by Crippen LogP contribution is -2.20. The summed E-state index contributed by atoms with van der Waals surface area (Å²) in [5.41, 5.74) is 3.05. The molecule has 1 heterocycles. The van der Waals surface area contributed by atoms with Gasteiger partial charge in [0.2, 0.25) is 0 Å². The summed E-state index contributed by atoms with van der Waals surface area (Å²) in [6, 6.07) is 7.62. The number of rotatable bonds is 7. The van der Waals surface area contributed by atoms with Crippen molar-refractivity contribution in [1.82, 2.24) is 15.1 Å². The topological polar surface area (TPSA) is 67.2 Å². The van der Waals surface area contributed by atoms with Crippen molar-refractivity contribution < 1.29 is 9.90 Å². The van der Waals surface area contributed by atoms with Gasteiger partial charge in [-0.1, -0.05) is 24.3 Å². The number of carboxylic acids is 1. The standard InChI is InChI=1S/C15H19N3O2/c1-12-9-17-18(11-12)7-6-16-10-14-5-3-2-4-13(14)8-15(19)20/h2-5,9,11,16H,6-8,10H2,1H3,(H,19,20).